The summed E-state index contributed by atoms with van der Waals surface area (Å²) in [6, 6.07) is 1.95. The van der Waals surface area contributed by atoms with Crippen LogP contribution in [0, 0.1) is 25.2 Å². The van der Waals surface area contributed by atoms with Crippen molar-refractivity contribution in [3.8, 4) is 6.07 Å². The number of carboxylic acid groups (broad SMARTS) is 1. The third-order valence-corrected chi connectivity index (χ3v) is 1.97. The Morgan fingerprint density at radius 1 is 1.54 bits per heavy atom. The van der Waals surface area contributed by atoms with Crippen LogP contribution in [0.5, 0.6) is 0 Å². The fourth-order valence-corrected chi connectivity index (χ4v) is 1.03. The lowest BCUT2D eigenvalue weighted by Crippen LogP contribution is -2.05. The fraction of sp³-hybridized carbons (Fsp3) is 0.222. The molecular weight excluding hydrogens is 168 g/mol. The first-order chi connectivity index (χ1) is 6.07. The lowest BCUT2D eigenvalue weighted by molar-refractivity contribution is 0.0689. The van der Waals surface area contributed by atoms with Crippen LogP contribution >= 0.6 is 0 Å². The maximum atomic E-state index is 10.6. The van der Waals surface area contributed by atoms with Crippen LogP contribution in [0.25, 0.3) is 0 Å². The highest BCUT2D eigenvalue weighted by atomic mass is 16.4. The standard InChI is InChI=1S/C9H8N2O2/c1-5-6(2)8(9(12)13)11-4-7(5)3-10/h4H,1-2H3,(H,12,13). The molecule has 0 spiro atoms. The molecule has 1 N–H and O–H groups in total. The largest absolute Gasteiger partial charge is 0.477 e. The van der Waals surface area contributed by atoms with Crippen molar-refractivity contribution in [1.29, 1.82) is 5.26 Å². The summed E-state index contributed by atoms with van der Waals surface area (Å²) in [5.41, 5.74) is 1.65. The van der Waals surface area contributed by atoms with Crippen LogP contribution in [0.2, 0.25) is 0 Å². The van der Waals surface area contributed by atoms with Gasteiger partial charge in [-0.05, 0) is 25.0 Å². The second-order valence-electron chi connectivity index (χ2n) is 2.69. The Balaban J connectivity index is 3.42. The fourth-order valence-electron chi connectivity index (χ4n) is 1.03. The Bertz CT molecular complexity index is 405. The molecule has 1 aromatic rings. The average molecular weight is 176 g/mol. The van der Waals surface area contributed by atoms with Crippen LogP contribution in [0.3, 0.4) is 0 Å². The molecule has 1 heterocycles. The molecule has 0 atom stereocenters. The van der Waals surface area contributed by atoms with Crippen molar-refractivity contribution in [3.05, 3.63) is 28.6 Å². The van der Waals surface area contributed by atoms with Gasteiger partial charge in [0.1, 0.15) is 6.07 Å². The number of rotatable bonds is 1. The Labute approximate surface area is 75.5 Å². The summed E-state index contributed by atoms with van der Waals surface area (Å²) in [4.78, 5) is 14.3. The molecule has 0 radical (unpaired) electrons. The van der Waals surface area contributed by atoms with Gasteiger partial charge in [0.2, 0.25) is 0 Å². The van der Waals surface area contributed by atoms with Gasteiger partial charge in [-0.25, -0.2) is 9.78 Å². The number of pyridine rings is 1. The van der Waals surface area contributed by atoms with Crippen LogP contribution < -0.4 is 0 Å². The van der Waals surface area contributed by atoms with Crippen LogP contribution in [-0.2, 0) is 0 Å². The van der Waals surface area contributed by atoms with Crippen molar-refractivity contribution < 1.29 is 9.90 Å². The lowest BCUT2D eigenvalue weighted by atomic mass is 10.0. The number of nitriles is 1. The average Bonchev–Trinajstić information content (AvgIpc) is 2.09. The molecule has 1 aromatic heterocycles. The molecule has 0 fully saturated rings. The maximum Gasteiger partial charge on any atom is 0.354 e. The molecule has 1 rings (SSSR count). The second kappa shape index (κ2) is 3.23. The van der Waals surface area contributed by atoms with E-state index in [0.29, 0.717) is 16.7 Å². The highest BCUT2D eigenvalue weighted by molar-refractivity contribution is 5.87. The van der Waals surface area contributed by atoms with Crippen molar-refractivity contribution in [2.45, 2.75) is 13.8 Å². The Hall–Kier alpha value is -1.89. The van der Waals surface area contributed by atoms with Gasteiger partial charge in [0, 0.05) is 6.20 Å². The maximum absolute atomic E-state index is 10.6. The molecule has 4 nitrogen and oxygen atoms in total. The summed E-state index contributed by atoms with van der Waals surface area (Å²) in [6.07, 6.45) is 1.28. The van der Waals surface area contributed by atoms with E-state index >= 15 is 0 Å². The van der Waals surface area contributed by atoms with Gasteiger partial charge in [-0.1, -0.05) is 0 Å². The van der Waals surface area contributed by atoms with E-state index in [1.807, 2.05) is 6.07 Å². The van der Waals surface area contributed by atoms with Crippen molar-refractivity contribution in [2.24, 2.45) is 0 Å². The van der Waals surface area contributed by atoms with Crippen LogP contribution in [0.4, 0.5) is 0 Å². The monoisotopic (exact) mass is 176 g/mol. The Morgan fingerprint density at radius 3 is 2.62 bits per heavy atom. The zero-order valence-corrected chi connectivity index (χ0v) is 7.33. The molecule has 0 bridgehead atoms. The van der Waals surface area contributed by atoms with Crippen molar-refractivity contribution >= 4 is 5.97 Å². The topological polar surface area (TPSA) is 74.0 Å². The van der Waals surface area contributed by atoms with E-state index < -0.39 is 5.97 Å². The van der Waals surface area contributed by atoms with E-state index in [9.17, 15) is 4.79 Å². The van der Waals surface area contributed by atoms with Gasteiger partial charge in [-0.15, -0.1) is 0 Å². The lowest BCUT2D eigenvalue weighted by Gasteiger charge is -2.04. The molecule has 13 heavy (non-hydrogen) atoms. The van der Waals surface area contributed by atoms with E-state index in [1.165, 1.54) is 6.20 Å². The second-order valence-corrected chi connectivity index (χ2v) is 2.69. The molecular formula is C9H8N2O2. The summed E-state index contributed by atoms with van der Waals surface area (Å²) in [6.45, 7) is 3.36. The van der Waals surface area contributed by atoms with Gasteiger partial charge in [-0.3, -0.25) is 0 Å². The molecule has 0 aliphatic rings. The third kappa shape index (κ3) is 1.49. The zero-order chi connectivity index (χ0) is 10.0. The van der Waals surface area contributed by atoms with Gasteiger partial charge in [0.15, 0.2) is 5.69 Å². The Kier molecular flexibility index (Phi) is 2.29. The molecule has 0 saturated carbocycles. The summed E-state index contributed by atoms with van der Waals surface area (Å²) in [7, 11) is 0. The third-order valence-electron chi connectivity index (χ3n) is 1.97. The molecule has 0 aromatic carbocycles. The smallest absolute Gasteiger partial charge is 0.354 e. The highest BCUT2D eigenvalue weighted by Crippen LogP contribution is 2.14. The molecule has 0 amide bonds. The quantitative estimate of drug-likeness (QED) is 0.699. The first-order valence-corrected chi connectivity index (χ1v) is 3.67. The highest BCUT2D eigenvalue weighted by Gasteiger charge is 2.12. The van der Waals surface area contributed by atoms with Gasteiger partial charge in [0.05, 0.1) is 5.56 Å². The molecule has 0 saturated heterocycles. The van der Waals surface area contributed by atoms with Gasteiger partial charge < -0.3 is 5.11 Å². The zero-order valence-electron chi connectivity index (χ0n) is 7.33. The first kappa shape index (κ1) is 9.20. The van der Waals surface area contributed by atoms with Crippen LogP contribution in [0.1, 0.15) is 27.2 Å². The van der Waals surface area contributed by atoms with E-state index in [2.05, 4.69) is 4.98 Å². The van der Waals surface area contributed by atoms with E-state index in [4.69, 9.17) is 10.4 Å². The molecule has 4 heteroatoms. The SMILES string of the molecule is Cc1c(C#N)cnc(C(=O)O)c1C. The molecule has 0 unspecified atom stereocenters. The van der Waals surface area contributed by atoms with E-state index in [-0.39, 0.29) is 5.69 Å². The predicted octanol–water partition coefficient (Wildman–Crippen LogP) is 1.27. The number of nitrogens with zero attached hydrogens (tertiary/aromatic N) is 2. The summed E-state index contributed by atoms with van der Waals surface area (Å²) >= 11 is 0. The summed E-state index contributed by atoms with van der Waals surface area (Å²) in [5.74, 6) is -1.06. The number of carboxylic acids is 1. The van der Waals surface area contributed by atoms with Crippen molar-refractivity contribution in [2.75, 3.05) is 0 Å². The van der Waals surface area contributed by atoms with Crippen LogP contribution in [-0.4, -0.2) is 16.1 Å². The Morgan fingerprint density at radius 2 is 2.15 bits per heavy atom. The van der Waals surface area contributed by atoms with E-state index in [0.717, 1.165) is 0 Å². The minimum Gasteiger partial charge on any atom is -0.477 e. The summed E-state index contributed by atoms with van der Waals surface area (Å²) < 4.78 is 0. The number of aromatic carboxylic acids is 1. The summed E-state index contributed by atoms with van der Waals surface area (Å²) in [5, 5.41) is 17.3. The first-order valence-electron chi connectivity index (χ1n) is 3.67. The van der Waals surface area contributed by atoms with Gasteiger partial charge >= 0.3 is 5.97 Å². The van der Waals surface area contributed by atoms with Gasteiger partial charge in [0.25, 0.3) is 0 Å². The minimum atomic E-state index is -1.06. The molecule has 0 aliphatic heterocycles. The van der Waals surface area contributed by atoms with Crippen molar-refractivity contribution in [1.82, 2.24) is 4.98 Å². The minimum absolute atomic E-state index is 0.0106. The van der Waals surface area contributed by atoms with Crippen molar-refractivity contribution in [3.63, 3.8) is 0 Å². The number of hydrogen-bond acceptors (Lipinski definition) is 3. The van der Waals surface area contributed by atoms with E-state index in [1.54, 1.807) is 13.8 Å². The number of hydrogen-bond donors (Lipinski definition) is 1. The molecule has 66 valence electrons. The normalized spacial score (nSPS) is 9.31. The van der Waals surface area contributed by atoms with Gasteiger partial charge in [-0.2, -0.15) is 5.26 Å². The van der Waals surface area contributed by atoms with Crippen LogP contribution in [0.15, 0.2) is 6.20 Å². The predicted molar refractivity (Wildman–Crippen MR) is 45.4 cm³/mol. The molecule has 0 aliphatic carbocycles. The number of aromatic nitrogens is 1. The number of carbonyl (C=O) groups is 1.